The summed E-state index contributed by atoms with van der Waals surface area (Å²) in [5.74, 6) is -0.0135. The van der Waals surface area contributed by atoms with E-state index in [1.165, 1.54) is 12.1 Å². The molecule has 0 bridgehead atoms. The van der Waals surface area contributed by atoms with Crippen molar-refractivity contribution in [2.75, 3.05) is 0 Å². The topological polar surface area (TPSA) is 30.0 Å². The van der Waals surface area contributed by atoms with Crippen LogP contribution in [0, 0.1) is 0 Å². The molecule has 0 fully saturated rings. The van der Waals surface area contributed by atoms with E-state index in [-0.39, 0.29) is 12.2 Å². The summed E-state index contributed by atoms with van der Waals surface area (Å²) in [5, 5.41) is 0. The van der Waals surface area contributed by atoms with Gasteiger partial charge in [0.05, 0.1) is 5.56 Å². The molecule has 0 aliphatic rings. The summed E-state index contributed by atoms with van der Waals surface area (Å²) < 4.78 is 37.3. The Morgan fingerprint density at radius 2 is 1.76 bits per heavy atom. The maximum Gasteiger partial charge on any atom is 0.416 e. The van der Waals surface area contributed by atoms with Gasteiger partial charge >= 0.3 is 6.18 Å². The molecule has 2 aromatic rings. The molecule has 2 nitrogen and oxygen atoms in total. The Hall–Kier alpha value is -2.17. The smallest absolute Gasteiger partial charge is 0.299 e. The third-order valence-electron chi connectivity index (χ3n) is 3.07. The molecule has 0 unspecified atom stereocenters. The van der Waals surface area contributed by atoms with Crippen LogP contribution in [0.5, 0.6) is 0 Å². The first-order valence-electron chi connectivity index (χ1n) is 6.53. The molecule has 1 heterocycles. The van der Waals surface area contributed by atoms with Gasteiger partial charge < -0.3 is 0 Å². The van der Waals surface area contributed by atoms with E-state index in [0.29, 0.717) is 18.4 Å². The minimum absolute atomic E-state index is 0.0135. The van der Waals surface area contributed by atoms with Crippen LogP contribution in [0.4, 0.5) is 13.2 Å². The summed E-state index contributed by atoms with van der Waals surface area (Å²) in [7, 11) is 0. The highest BCUT2D eigenvalue weighted by atomic mass is 19.4. The molecule has 1 aromatic heterocycles. The quantitative estimate of drug-likeness (QED) is 0.838. The van der Waals surface area contributed by atoms with Gasteiger partial charge in [-0.1, -0.05) is 18.2 Å². The van der Waals surface area contributed by atoms with E-state index in [1.54, 1.807) is 12.3 Å². The van der Waals surface area contributed by atoms with Crippen molar-refractivity contribution in [3.05, 3.63) is 65.5 Å². The Balaban J connectivity index is 1.88. The van der Waals surface area contributed by atoms with Crippen molar-refractivity contribution in [2.24, 2.45) is 0 Å². The van der Waals surface area contributed by atoms with Crippen molar-refractivity contribution >= 4 is 5.78 Å². The molecule has 0 atom stereocenters. The average Bonchev–Trinajstić information content (AvgIpc) is 2.46. The summed E-state index contributed by atoms with van der Waals surface area (Å²) in [6.45, 7) is 0. The molecular formula is C16H14F3NO. The molecule has 1 aromatic carbocycles. The molecule has 0 radical (unpaired) electrons. The van der Waals surface area contributed by atoms with Crippen LogP contribution in [-0.2, 0) is 23.8 Å². The van der Waals surface area contributed by atoms with Crippen molar-refractivity contribution in [3.8, 4) is 0 Å². The number of alkyl halides is 3. The van der Waals surface area contributed by atoms with Crippen LogP contribution in [0.3, 0.4) is 0 Å². The number of pyridine rings is 1. The lowest BCUT2D eigenvalue weighted by Gasteiger charge is -2.07. The molecule has 0 amide bonds. The Bertz CT molecular complexity index is 591. The van der Waals surface area contributed by atoms with E-state index in [2.05, 4.69) is 4.98 Å². The molecule has 5 heteroatoms. The van der Waals surface area contributed by atoms with E-state index in [9.17, 15) is 18.0 Å². The van der Waals surface area contributed by atoms with Crippen LogP contribution in [0.2, 0.25) is 0 Å². The second-order valence-electron chi connectivity index (χ2n) is 4.73. The van der Waals surface area contributed by atoms with E-state index in [0.717, 1.165) is 17.8 Å². The zero-order valence-electron chi connectivity index (χ0n) is 11.2. The first kappa shape index (κ1) is 15.2. The molecule has 0 aliphatic heterocycles. The minimum atomic E-state index is -4.35. The number of aryl methyl sites for hydroxylation is 1. The van der Waals surface area contributed by atoms with Gasteiger partial charge in [0.1, 0.15) is 5.78 Å². The molecule has 0 saturated heterocycles. The van der Waals surface area contributed by atoms with E-state index >= 15 is 0 Å². The average molecular weight is 293 g/mol. The summed E-state index contributed by atoms with van der Waals surface area (Å²) >= 11 is 0. The molecule has 110 valence electrons. The zero-order valence-corrected chi connectivity index (χ0v) is 11.2. The number of benzene rings is 1. The van der Waals surface area contributed by atoms with Crippen molar-refractivity contribution in [3.63, 3.8) is 0 Å². The van der Waals surface area contributed by atoms with Gasteiger partial charge in [-0.05, 0) is 36.2 Å². The number of aromatic nitrogens is 1. The van der Waals surface area contributed by atoms with Gasteiger partial charge in [0.25, 0.3) is 0 Å². The highest BCUT2D eigenvalue weighted by Crippen LogP contribution is 2.29. The highest BCUT2D eigenvalue weighted by molar-refractivity contribution is 5.81. The lowest BCUT2D eigenvalue weighted by atomic mass is 10.0. The molecular weight excluding hydrogens is 279 g/mol. The number of hydrogen-bond acceptors (Lipinski definition) is 2. The number of nitrogens with zero attached hydrogens (tertiary/aromatic N) is 1. The lowest BCUT2D eigenvalue weighted by molar-refractivity contribution is -0.137. The van der Waals surface area contributed by atoms with Crippen molar-refractivity contribution in [2.45, 2.75) is 25.4 Å². The van der Waals surface area contributed by atoms with Crippen molar-refractivity contribution in [1.82, 2.24) is 4.98 Å². The van der Waals surface area contributed by atoms with Gasteiger partial charge in [-0.15, -0.1) is 0 Å². The zero-order chi connectivity index (χ0) is 15.3. The number of ketones is 1. The Morgan fingerprint density at radius 3 is 2.33 bits per heavy atom. The minimum Gasteiger partial charge on any atom is -0.299 e. The third kappa shape index (κ3) is 4.70. The lowest BCUT2D eigenvalue weighted by Crippen LogP contribution is -2.07. The Kier molecular flexibility index (Phi) is 4.73. The largest absolute Gasteiger partial charge is 0.416 e. The molecule has 2 rings (SSSR count). The number of rotatable bonds is 5. The summed E-state index contributed by atoms with van der Waals surface area (Å²) in [6, 6.07) is 10.2. The van der Waals surface area contributed by atoms with Crippen molar-refractivity contribution < 1.29 is 18.0 Å². The number of halogens is 3. The fourth-order valence-corrected chi connectivity index (χ4v) is 1.94. The predicted octanol–water partition coefficient (Wildman–Crippen LogP) is 3.84. The Labute approximate surface area is 120 Å². The summed E-state index contributed by atoms with van der Waals surface area (Å²) in [6.07, 6.45) is -1.67. The maximum absolute atomic E-state index is 12.4. The summed E-state index contributed by atoms with van der Waals surface area (Å²) in [4.78, 5) is 15.9. The molecule has 0 saturated carbocycles. The second kappa shape index (κ2) is 6.52. The van der Waals surface area contributed by atoms with Crippen molar-refractivity contribution in [1.29, 1.82) is 0 Å². The second-order valence-corrected chi connectivity index (χ2v) is 4.73. The fourth-order valence-electron chi connectivity index (χ4n) is 1.94. The molecule has 0 N–H and O–H groups in total. The van der Waals surface area contributed by atoms with Gasteiger partial charge in [-0.3, -0.25) is 9.78 Å². The maximum atomic E-state index is 12.4. The number of Topliss-reactive ketones (excluding diaryl/α,β-unsaturated/α-hetero) is 1. The standard InChI is InChI=1S/C16H14F3NO/c17-16(18,19)13-6-4-12(5-7-13)11-15(21)9-8-14-3-1-2-10-20-14/h1-7,10H,8-9,11H2. The summed E-state index contributed by atoms with van der Waals surface area (Å²) in [5.41, 5.74) is 0.722. The first-order chi connectivity index (χ1) is 9.95. The predicted molar refractivity (Wildman–Crippen MR) is 72.7 cm³/mol. The van der Waals surface area contributed by atoms with Gasteiger partial charge in [0.2, 0.25) is 0 Å². The Morgan fingerprint density at radius 1 is 1.05 bits per heavy atom. The van der Waals surface area contributed by atoms with Crippen LogP contribution in [0.1, 0.15) is 23.2 Å². The van der Waals surface area contributed by atoms with Crippen LogP contribution >= 0.6 is 0 Å². The first-order valence-corrected chi connectivity index (χ1v) is 6.53. The van der Waals surface area contributed by atoms with E-state index in [1.807, 2.05) is 12.1 Å². The van der Waals surface area contributed by atoms with Gasteiger partial charge in [-0.2, -0.15) is 13.2 Å². The van der Waals surface area contributed by atoms with Crippen LogP contribution in [0.15, 0.2) is 48.7 Å². The molecule has 0 spiro atoms. The van der Waals surface area contributed by atoms with Gasteiger partial charge in [0, 0.05) is 24.7 Å². The van der Waals surface area contributed by atoms with E-state index in [4.69, 9.17) is 0 Å². The SMILES string of the molecule is O=C(CCc1ccccn1)Cc1ccc(C(F)(F)F)cc1. The number of carbonyl (C=O) groups excluding carboxylic acids is 1. The van der Waals surface area contributed by atoms with Gasteiger partial charge in [0.15, 0.2) is 0 Å². The number of carbonyl (C=O) groups is 1. The fraction of sp³-hybridized carbons (Fsp3) is 0.250. The number of hydrogen-bond donors (Lipinski definition) is 0. The third-order valence-corrected chi connectivity index (χ3v) is 3.07. The van der Waals surface area contributed by atoms with Crippen LogP contribution in [0.25, 0.3) is 0 Å². The normalized spacial score (nSPS) is 11.4. The highest BCUT2D eigenvalue weighted by Gasteiger charge is 2.29. The monoisotopic (exact) mass is 293 g/mol. The van der Waals surface area contributed by atoms with E-state index < -0.39 is 11.7 Å². The van der Waals surface area contributed by atoms with Gasteiger partial charge in [-0.25, -0.2) is 0 Å². The van der Waals surface area contributed by atoms with Crippen LogP contribution < -0.4 is 0 Å². The molecule has 0 aliphatic carbocycles. The van der Waals surface area contributed by atoms with Crippen LogP contribution in [-0.4, -0.2) is 10.8 Å². The molecule has 21 heavy (non-hydrogen) atoms.